The lowest BCUT2D eigenvalue weighted by atomic mass is 9.93. The first-order valence-electron chi connectivity index (χ1n) is 6.17. The fourth-order valence-electron chi connectivity index (χ4n) is 2.05. The highest BCUT2D eigenvalue weighted by Crippen LogP contribution is 2.21. The second-order valence-electron chi connectivity index (χ2n) is 5.80. The molecule has 0 radical (unpaired) electrons. The molecular weight excluding hydrogens is 328 g/mol. The van der Waals surface area contributed by atoms with E-state index in [1.54, 1.807) is 24.3 Å². The van der Waals surface area contributed by atoms with Crippen LogP contribution in [0.5, 0.6) is 0 Å². The lowest BCUT2D eigenvalue weighted by molar-refractivity contribution is -0.865. The van der Waals surface area contributed by atoms with Crippen molar-refractivity contribution >= 4 is 26.0 Å². The second-order valence-corrected chi connectivity index (χ2v) is 8.39. The Morgan fingerprint density at radius 3 is 2.37 bits per heavy atom. The molecule has 1 rings (SSSR count). The SMILES string of the molecule is C[NH+](C)CC(C)(C)CNS(=O)(=O)c1ccccc1Br. The van der Waals surface area contributed by atoms with Crippen molar-refractivity contribution in [3.63, 3.8) is 0 Å². The van der Waals surface area contributed by atoms with Gasteiger partial charge in [0.05, 0.1) is 25.5 Å². The molecule has 0 spiro atoms. The van der Waals surface area contributed by atoms with Crippen LogP contribution in [0.15, 0.2) is 33.6 Å². The van der Waals surface area contributed by atoms with E-state index in [-0.39, 0.29) is 10.3 Å². The van der Waals surface area contributed by atoms with Crippen LogP contribution in [0.3, 0.4) is 0 Å². The van der Waals surface area contributed by atoms with Crippen molar-refractivity contribution in [3.8, 4) is 0 Å². The first-order chi connectivity index (χ1) is 8.64. The zero-order chi connectivity index (χ0) is 14.7. The lowest BCUT2D eigenvalue weighted by Crippen LogP contribution is -3.07. The first-order valence-corrected chi connectivity index (χ1v) is 8.45. The Hall–Kier alpha value is -0.430. The van der Waals surface area contributed by atoms with Crippen LogP contribution in [0.2, 0.25) is 0 Å². The Bertz CT molecular complexity index is 527. The number of nitrogens with one attached hydrogen (secondary N) is 2. The van der Waals surface area contributed by atoms with Crippen LogP contribution in [-0.4, -0.2) is 35.6 Å². The number of hydrogen-bond donors (Lipinski definition) is 2. The van der Waals surface area contributed by atoms with Gasteiger partial charge in [0.15, 0.2) is 0 Å². The van der Waals surface area contributed by atoms with Crippen LogP contribution < -0.4 is 9.62 Å². The molecule has 0 aromatic heterocycles. The normalized spacial score (nSPS) is 12.9. The van der Waals surface area contributed by atoms with Gasteiger partial charge in [-0.25, -0.2) is 13.1 Å². The van der Waals surface area contributed by atoms with Gasteiger partial charge in [-0.2, -0.15) is 0 Å². The Labute approximate surface area is 124 Å². The van der Waals surface area contributed by atoms with Gasteiger partial charge in [-0.3, -0.25) is 0 Å². The molecule has 0 aliphatic heterocycles. The Kier molecular flexibility index (Phi) is 5.55. The zero-order valence-corrected chi connectivity index (χ0v) is 14.2. The number of rotatable bonds is 6. The van der Waals surface area contributed by atoms with Crippen molar-refractivity contribution in [2.45, 2.75) is 18.7 Å². The van der Waals surface area contributed by atoms with E-state index in [4.69, 9.17) is 0 Å². The highest BCUT2D eigenvalue weighted by Gasteiger charge is 2.25. The summed E-state index contributed by atoms with van der Waals surface area (Å²) in [7, 11) is 0.653. The van der Waals surface area contributed by atoms with E-state index < -0.39 is 10.0 Å². The summed E-state index contributed by atoms with van der Waals surface area (Å²) < 4.78 is 27.7. The molecule has 0 bridgehead atoms. The van der Waals surface area contributed by atoms with Gasteiger partial charge in [-0.1, -0.05) is 26.0 Å². The summed E-state index contributed by atoms with van der Waals surface area (Å²) in [5.74, 6) is 0. The van der Waals surface area contributed by atoms with E-state index in [0.717, 1.165) is 6.54 Å². The largest absolute Gasteiger partial charge is 0.339 e. The smallest absolute Gasteiger partial charge is 0.241 e. The monoisotopic (exact) mass is 349 g/mol. The maximum atomic E-state index is 12.2. The van der Waals surface area contributed by atoms with E-state index in [0.29, 0.717) is 11.0 Å². The molecule has 0 amide bonds. The van der Waals surface area contributed by atoms with E-state index in [9.17, 15) is 8.42 Å². The molecular formula is C13H22BrN2O2S+. The molecule has 108 valence electrons. The summed E-state index contributed by atoms with van der Waals surface area (Å²) in [6.07, 6.45) is 0. The molecule has 0 heterocycles. The molecule has 0 saturated carbocycles. The molecule has 4 nitrogen and oxygen atoms in total. The number of halogens is 1. The molecule has 0 aliphatic carbocycles. The van der Waals surface area contributed by atoms with E-state index >= 15 is 0 Å². The van der Waals surface area contributed by atoms with Gasteiger partial charge in [0, 0.05) is 16.4 Å². The summed E-state index contributed by atoms with van der Waals surface area (Å²) in [6, 6.07) is 6.83. The average Bonchev–Trinajstić information content (AvgIpc) is 2.25. The molecule has 1 aromatic carbocycles. The standard InChI is InChI=1S/C13H21BrN2O2S/c1-13(2,10-16(3)4)9-15-19(17,18)12-8-6-5-7-11(12)14/h5-8,15H,9-10H2,1-4H3/p+1. The number of hydrogen-bond acceptors (Lipinski definition) is 2. The summed E-state index contributed by atoms with van der Waals surface area (Å²) in [4.78, 5) is 1.58. The molecule has 19 heavy (non-hydrogen) atoms. The van der Waals surface area contributed by atoms with Crippen molar-refractivity contribution in [2.24, 2.45) is 5.41 Å². The topological polar surface area (TPSA) is 50.6 Å². The van der Waals surface area contributed by atoms with Crippen LogP contribution in [0.1, 0.15) is 13.8 Å². The Balaban J connectivity index is 2.80. The van der Waals surface area contributed by atoms with E-state index in [2.05, 4.69) is 48.6 Å². The summed E-state index contributed by atoms with van der Waals surface area (Å²) >= 11 is 3.27. The molecule has 0 unspecified atom stereocenters. The van der Waals surface area contributed by atoms with Gasteiger partial charge in [-0.05, 0) is 28.1 Å². The van der Waals surface area contributed by atoms with Crippen molar-refractivity contribution in [2.75, 3.05) is 27.2 Å². The van der Waals surface area contributed by atoms with Gasteiger partial charge in [0.1, 0.15) is 0 Å². The third-order valence-corrected chi connectivity index (χ3v) is 5.11. The Morgan fingerprint density at radius 2 is 1.84 bits per heavy atom. The minimum Gasteiger partial charge on any atom is -0.339 e. The van der Waals surface area contributed by atoms with Crippen LogP contribution in [0.4, 0.5) is 0 Å². The third-order valence-electron chi connectivity index (χ3n) is 2.70. The van der Waals surface area contributed by atoms with E-state index in [1.807, 2.05) is 0 Å². The summed E-state index contributed by atoms with van der Waals surface area (Å²) in [5, 5.41) is 0. The predicted molar refractivity (Wildman–Crippen MR) is 80.8 cm³/mol. The molecule has 6 heteroatoms. The lowest BCUT2D eigenvalue weighted by Gasteiger charge is -2.26. The Morgan fingerprint density at radius 1 is 1.26 bits per heavy atom. The molecule has 0 fully saturated rings. The van der Waals surface area contributed by atoms with Crippen LogP contribution in [0.25, 0.3) is 0 Å². The average molecular weight is 350 g/mol. The number of sulfonamides is 1. The highest BCUT2D eigenvalue weighted by atomic mass is 79.9. The van der Waals surface area contributed by atoms with Crippen molar-refractivity contribution in [1.82, 2.24) is 4.72 Å². The van der Waals surface area contributed by atoms with Gasteiger partial charge in [0.2, 0.25) is 10.0 Å². The molecule has 0 saturated heterocycles. The van der Waals surface area contributed by atoms with Crippen molar-refractivity contribution in [1.29, 1.82) is 0 Å². The van der Waals surface area contributed by atoms with Gasteiger partial charge in [0.25, 0.3) is 0 Å². The molecule has 1 aromatic rings. The van der Waals surface area contributed by atoms with Gasteiger partial charge < -0.3 is 4.90 Å². The first kappa shape index (κ1) is 16.6. The molecule has 0 aliphatic rings. The minimum atomic E-state index is -3.47. The van der Waals surface area contributed by atoms with E-state index in [1.165, 1.54) is 4.90 Å². The maximum Gasteiger partial charge on any atom is 0.241 e. The fraction of sp³-hybridized carbons (Fsp3) is 0.538. The van der Waals surface area contributed by atoms with Crippen LogP contribution in [0, 0.1) is 5.41 Å². The number of quaternary nitrogens is 1. The molecule has 2 N–H and O–H groups in total. The van der Waals surface area contributed by atoms with Gasteiger partial charge >= 0.3 is 0 Å². The minimum absolute atomic E-state index is 0.0901. The molecule has 0 atom stereocenters. The zero-order valence-electron chi connectivity index (χ0n) is 11.8. The highest BCUT2D eigenvalue weighted by molar-refractivity contribution is 9.10. The van der Waals surface area contributed by atoms with Crippen molar-refractivity contribution in [3.05, 3.63) is 28.7 Å². The fourth-order valence-corrected chi connectivity index (χ4v) is 4.29. The van der Waals surface area contributed by atoms with Crippen LogP contribution in [-0.2, 0) is 10.0 Å². The van der Waals surface area contributed by atoms with Crippen molar-refractivity contribution < 1.29 is 13.3 Å². The number of benzene rings is 1. The predicted octanol–water partition coefficient (Wildman–Crippen LogP) is 0.898. The summed E-state index contributed by atoms with van der Waals surface area (Å²) in [5.41, 5.74) is -0.0901. The second kappa shape index (κ2) is 6.35. The summed E-state index contributed by atoms with van der Waals surface area (Å²) in [6.45, 7) is 5.43. The quantitative estimate of drug-likeness (QED) is 0.801. The van der Waals surface area contributed by atoms with Gasteiger partial charge in [-0.15, -0.1) is 0 Å². The van der Waals surface area contributed by atoms with Crippen LogP contribution >= 0.6 is 15.9 Å². The maximum absolute atomic E-state index is 12.2. The third kappa shape index (κ3) is 5.22.